The summed E-state index contributed by atoms with van der Waals surface area (Å²) in [5.41, 5.74) is -1.04. The van der Waals surface area contributed by atoms with E-state index < -0.39 is 29.2 Å². The van der Waals surface area contributed by atoms with Crippen LogP contribution in [0.25, 0.3) is 0 Å². The molecule has 0 aliphatic heterocycles. The summed E-state index contributed by atoms with van der Waals surface area (Å²) in [5.74, 6) is -1.13. The van der Waals surface area contributed by atoms with Crippen molar-refractivity contribution in [2.45, 2.75) is 6.18 Å². The molecular formula is C18H16Cl2F3N3O2. The van der Waals surface area contributed by atoms with Gasteiger partial charge in [-0.05, 0) is 37.4 Å². The highest BCUT2D eigenvalue weighted by molar-refractivity contribution is 6.33. The van der Waals surface area contributed by atoms with E-state index in [1.165, 1.54) is 18.0 Å². The Morgan fingerprint density at radius 3 is 2.11 bits per heavy atom. The number of halogens is 5. The minimum Gasteiger partial charge on any atom is -0.324 e. The van der Waals surface area contributed by atoms with E-state index in [4.69, 9.17) is 23.2 Å². The van der Waals surface area contributed by atoms with E-state index in [-0.39, 0.29) is 18.1 Å². The van der Waals surface area contributed by atoms with Gasteiger partial charge < -0.3 is 10.6 Å². The van der Waals surface area contributed by atoms with Crippen LogP contribution in [-0.2, 0) is 15.8 Å². The molecular weight excluding hydrogens is 418 g/mol. The number of nitrogens with zero attached hydrogens (tertiary/aromatic N) is 1. The summed E-state index contributed by atoms with van der Waals surface area (Å²) in [7, 11) is 1.48. The number of carbonyl (C=O) groups excluding carboxylic acids is 2. The Kier molecular flexibility index (Phi) is 7.29. The van der Waals surface area contributed by atoms with Gasteiger partial charge in [-0.25, -0.2) is 0 Å². The number of nitrogens with one attached hydrogen (secondary N) is 2. The van der Waals surface area contributed by atoms with Gasteiger partial charge in [0.1, 0.15) is 0 Å². The van der Waals surface area contributed by atoms with Crippen LogP contribution in [0.15, 0.2) is 42.5 Å². The van der Waals surface area contributed by atoms with E-state index >= 15 is 0 Å². The molecule has 2 aromatic rings. The highest BCUT2D eigenvalue weighted by Crippen LogP contribution is 2.36. The topological polar surface area (TPSA) is 61.4 Å². The van der Waals surface area contributed by atoms with Gasteiger partial charge in [0.25, 0.3) is 0 Å². The van der Waals surface area contributed by atoms with Crippen molar-refractivity contribution in [2.75, 3.05) is 30.8 Å². The Hall–Kier alpha value is -2.29. The Labute approximate surface area is 169 Å². The molecule has 0 saturated carbocycles. The lowest BCUT2D eigenvalue weighted by Gasteiger charge is -2.18. The second-order valence-corrected chi connectivity index (χ2v) is 6.78. The number of rotatable bonds is 6. The molecule has 0 heterocycles. The average molecular weight is 434 g/mol. The maximum absolute atomic E-state index is 13.1. The number of para-hydroxylation sites is 1. The van der Waals surface area contributed by atoms with Gasteiger partial charge >= 0.3 is 6.18 Å². The minimum atomic E-state index is -4.67. The summed E-state index contributed by atoms with van der Waals surface area (Å²) in [6, 6.07) is 9.69. The molecule has 5 nitrogen and oxygen atoms in total. The summed E-state index contributed by atoms with van der Waals surface area (Å²) in [6.45, 7) is -0.457. The number of benzene rings is 2. The van der Waals surface area contributed by atoms with Crippen molar-refractivity contribution < 1.29 is 22.8 Å². The first kappa shape index (κ1) is 22.0. The summed E-state index contributed by atoms with van der Waals surface area (Å²) in [5, 5.41) is 5.05. The normalized spacial score (nSPS) is 11.4. The van der Waals surface area contributed by atoms with Crippen LogP contribution in [0.4, 0.5) is 24.5 Å². The molecule has 0 bridgehead atoms. The molecule has 0 spiro atoms. The van der Waals surface area contributed by atoms with E-state index in [0.29, 0.717) is 10.7 Å². The van der Waals surface area contributed by atoms with Gasteiger partial charge in [0.2, 0.25) is 11.8 Å². The second-order valence-electron chi connectivity index (χ2n) is 5.94. The first-order valence-electron chi connectivity index (χ1n) is 7.96. The van der Waals surface area contributed by atoms with E-state index in [1.54, 1.807) is 24.3 Å². The molecule has 0 unspecified atom stereocenters. The Balaban J connectivity index is 1.94. The smallest absolute Gasteiger partial charge is 0.324 e. The van der Waals surface area contributed by atoms with Crippen molar-refractivity contribution >= 4 is 46.4 Å². The van der Waals surface area contributed by atoms with Gasteiger partial charge in [-0.3, -0.25) is 14.5 Å². The number of hydrogen-bond acceptors (Lipinski definition) is 3. The third kappa shape index (κ3) is 6.40. The van der Waals surface area contributed by atoms with Crippen LogP contribution in [0.2, 0.25) is 10.0 Å². The quantitative estimate of drug-likeness (QED) is 0.703. The molecule has 0 aromatic heterocycles. The van der Waals surface area contributed by atoms with Crippen molar-refractivity contribution in [3.8, 4) is 0 Å². The molecule has 0 aliphatic carbocycles. The Morgan fingerprint density at radius 1 is 0.964 bits per heavy atom. The molecule has 0 fully saturated rings. The molecule has 2 amide bonds. The lowest BCUT2D eigenvalue weighted by atomic mass is 10.1. The SMILES string of the molecule is CN(CC(=O)Nc1ccccc1Cl)CC(=O)Nc1ccc(Cl)cc1C(F)(F)F. The zero-order valence-corrected chi connectivity index (χ0v) is 16.1. The number of alkyl halides is 3. The highest BCUT2D eigenvalue weighted by atomic mass is 35.5. The zero-order chi connectivity index (χ0) is 20.9. The summed E-state index contributed by atoms with van der Waals surface area (Å²) < 4.78 is 39.2. The number of anilines is 2. The first-order chi connectivity index (χ1) is 13.1. The van der Waals surface area contributed by atoms with Gasteiger partial charge in [0.05, 0.1) is 35.1 Å². The average Bonchev–Trinajstić information content (AvgIpc) is 2.57. The van der Waals surface area contributed by atoms with Gasteiger partial charge in [0, 0.05) is 5.02 Å². The van der Waals surface area contributed by atoms with Gasteiger partial charge in [-0.2, -0.15) is 13.2 Å². The van der Waals surface area contributed by atoms with Crippen LogP contribution >= 0.6 is 23.2 Å². The van der Waals surface area contributed by atoms with Crippen LogP contribution in [0.3, 0.4) is 0 Å². The molecule has 28 heavy (non-hydrogen) atoms. The van der Waals surface area contributed by atoms with Gasteiger partial charge in [-0.1, -0.05) is 35.3 Å². The van der Waals surface area contributed by atoms with Crippen LogP contribution in [-0.4, -0.2) is 36.9 Å². The molecule has 0 saturated heterocycles. The molecule has 0 radical (unpaired) electrons. The maximum Gasteiger partial charge on any atom is 0.418 e. The standard InChI is InChI=1S/C18H16Cl2F3N3O2/c1-26(10-17(28)25-15-5-3-2-4-13(15)20)9-16(27)24-14-7-6-11(19)8-12(14)18(21,22)23/h2-8H,9-10H2,1H3,(H,24,27)(H,25,28). The van der Waals surface area contributed by atoms with Crippen LogP contribution < -0.4 is 10.6 Å². The summed E-state index contributed by atoms with van der Waals surface area (Å²) >= 11 is 11.6. The molecule has 2 aromatic carbocycles. The Morgan fingerprint density at radius 2 is 1.54 bits per heavy atom. The number of carbonyl (C=O) groups is 2. The highest BCUT2D eigenvalue weighted by Gasteiger charge is 2.34. The molecule has 150 valence electrons. The van der Waals surface area contributed by atoms with E-state index in [9.17, 15) is 22.8 Å². The molecule has 10 heteroatoms. The predicted molar refractivity (Wildman–Crippen MR) is 103 cm³/mol. The fraction of sp³-hybridized carbons (Fsp3) is 0.222. The molecule has 0 aliphatic rings. The molecule has 0 atom stereocenters. The lowest BCUT2D eigenvalue weighted by molar-refractivity contribution is -0.137. The molecule has 2 rings (SSSR count). The summed E-state index contributed by atoms with van der Waals surface area (Å²) in [4.78, 5) is 25.5. The third-order valence-electron chi connectivity index (χ3n) is 3.54. The van der Waals surface area contributed by atoms with Crippen molar-refractivity contribution in [1.82, 2.24) is 4.90 Å². The van der Waals surface area contributed by atoms with Crippen molar-refractivity contribution in [2.24, 2.45) is 0 Å². The van der Waals surface area contributed by atoms with Gasteiger partial charge in [-0.15, -0.1) is 0 Å². The van der Waals surface area contributed by atoms with Crippen LogP contribution in [0.5, 0.6) is 0 Å². The number of hydrogen-bond donors (Lipinski definition) is 2. The van der Waals surface area contributed by atoms with Crippen molar-refractivity contribution in [3.63, 3.8) is 0 Å². The maximum atomic E-state index is 13.1. The minimum absolute atomic E-state index is 0.0984. The monoisotopic (exact) mass is 433 g/mol. The van der Waals surface area contributed by atoms with E-state index in [2.05, 4.69) is 10.6 Å². The first-order valence-corrected chi connectivity index (χ1v) is 8.71. The fourth-order valence-corrected chi connectivity index (χ4v) is 2.70. The number of amides is 2. The third-order valence-corrected chi connectivity index (χ3v) is 4.10. The van der Waals surface area contributed by atoms with Crippen LogP contribution in [0, 0.1) is 0 Å². The van der Waals surface area contributed by atoms with E-state index in [1.807, 2.05) is 0 Å². The number of likely N-dealkylation sites (N-methyl/N-ethyl adjacent to an activating group) is 1. The van der Waals surface area contributed by atoms with Gasteiger partial charge in [0.15, 0.2) is 0 Å². The predicted octanol–water partition coefficient (Wildman–Crippen LogP) is 4.52. The van der Waals surface area contributed by atoms with E-state index in [0.717, 1.165) is 12.1 Å². The van der Waals surface area contributed by atoms with Crippen LogP contribution in [0.1, 0.15) is 5.56 Å². The largest absolute Gasteiger partial charge is 0.418 e. The molecule has 2 N–H and O–H groups in total. The van der Waals surface area contributed by atoms with Crippen molar-refractivity contribution in [3.05, 3.63) is 58.1 Å². The lowest BCUT2D eigenvalue weighted by Crippen LogP contribution is -2.36. The zero-order valence-electron chi connectivity index (χ0n) is 14.6. The summed E-state index contributed by atoms with van der Waals surface area (Å²) in [6.07, 6.45) is -4.67. The second kappa shape index (κ2) is 9.27. The van der Waals surface area contributed by atoms with Crippen molar-refractivity contribution in [1.29, 1.82) is 0 Å². The Bertz CT molecular complexity index is 875. The fourth-order valence-electron chi connectivity index (χ4n) is 2.35.